The number of benzene rings is 4. The SMILES string of the molecule is O=[N+]([O-])c1ccc(-c2sc(-c3ccccc3)c(-c3ccccc3)c2-c2ccccc2)cc1. The molecule has 0 aliphatic heterocycles. The predicted octanol–water partition coefficient (Wildman–Crippen LogP) is 8.32. The Morgan fingerprint density at radius 1 is 0.500 bits per heavy atom. The summed E-state index contributed by atoms with van der Waals surface area (Å²) in [5.41, 5.74) is 6.82. The third kappa shape index (κ3) is 3.72. The van der Waals surface area contributed by atoms with Crippen LogP contribution in [0.4, 0.5) is 5.69 Å². The van der Waals surface area contributed by atoms with E-state index in [9.17, 15) is 10.1 Å². The second-order valence-electron chi connectivity index (χ2n) is 7.41. The molecule has 0 aliphatic carbocycles. The smallest absolute Gasteiger partial charge is 0.258 e. The van der Waals surface area contributed by atoms with Crippen LogP contribution in [0, 0.1) is 10.1 Å². The van der Waals surface area contributed by atoms with Gasteiger partial charge in [-0.25, -0.2) is 0 Å². The van der Waals surface area contributed by atoms with E-state index in [0.29, 0.717) is 0 Å². The van der Waals surface area contributed by atoms with Crippen molar-refractivity contribution in [2.75, 3.05) is 0 Å². The minimum absolute atomic E-state index is 0.0955. The topological polar surface area (TPSA) is 43.1 Å². The lowest BCUT2D eigenvalue weighted by Crippen LogP contribution is -1.88. The van der Waals surface area contributed by atoms with Gasteiger partial charge in [-0.05, 0) is 34.4 Å². The molecule has 0 spiro atoms. The second-order valence-corrected chi connectivity index (χ2v) is 8.43. The molecule has 0 fully saturated rings. The molecule has 5 rings (SSSR count). The van der Waals surface area contributed by atoms with Crippen molar-refractivity contribution in [2.24, 2.45) is 0 Å². The Balaban J connectivity index is 1.84. The van der Waals surface area contributed by atoms with Crippen molar-refractivity contribution < 1.29 is 4.92 Å². The summed E-state index contributed by atoms with van der Waals surface area (Å²) in [6.07, 6.45) is 0. The van der Waals surface area contributed by atoms with E-state index in [-0.39, 0.29) is 10.6 Å². The molecule has 4 heteroatoms. The van der Waals surface area contributed by atoms with Gasteiger partial charge in [0, 0.05) is 33.0 Å². The zero-order valence-corrected chi connectivity index (χ0v) is 18.0. The van der Waals surface area contributed by atoms with Crippen molar-refractivity contribution in [2.45, 2.75) is 0 Å². The van der Waals surface area contributed by atoms with Crippen molar-refractivity contribution in [1.29, 1.82) is 0 Å². The number of non-ortho nitro benzene ring substituents is 1. The molecule has 5 aromatic rings. The maximum Gasteiger partial charge on any atom is 0.269 e. The third-order valence-electron chi connectivity index (χ3n) is 5.41. The molecule has 0 radical (unpaired) electrons. The summed E-state index contributed by atoms with van der Waals surface area (Å²) in [6, 6.07) is 38.0. The Kier molecular flexibility index (Phi) is 5.36. The number of nitro benzene ring substituents is 1. The molecule has 0 unspecified atom stereocenters. The van der Waals surface area contributed by atoms with E-state index in [1.807, 2.05) is 42.5 Å². The van der Waals surface area contributed by atoms with E-state index in [0.717, 1.165) is 32.7 Å². The predicted molar refractivity (Wildman–Crippen MR) is 133 cm³/mol. The normalized spacial score (nSPS) is 10.8. The summed E-state index contributed by atoms with van der Waals surface area (Å²) in [7, 11) is 0. The van der Waals surface area contributed by atoms with E-state index in [1.165, 1.54) is 10.4 Å². The molecule has 0 atom stereocenters. The summed E-state index contributed by atoms with van der Waals surface area (Å²) >= 11 is 1.73. The van der Waals surface area contributed by atoms with Crippen LogP contribution in [0.1, 0.15) is 0 Å². The minimum atomic E-state index is -0.360. The van der Waals surface area contributed by atoms with Crippen molar-refractivity contribution in [1.82, 2.24) is 0 Å². The van der Waals surface area contributed by atoms with Gasteiger partial charge in [-0.1, -0.05) is 91.0 Å². The first-order valence-electron chi connectivity index (χ1n) is 10.3. The Labute approximate surface area is 190 Å². The van der Waals surface area contributed by atoms with E-state index in [1.54, 1.807) is 23.5 Å². The van der Waals surface area contributed by atoms with Crippen LogP contribution in [0.5, 0.6) is 0 Å². The van der Waals surface area contributed by atoms with Gasteiger partial charge in [0.1, 0.15) is 0 Å². The summed E-state index contributed by atoms with van der Waals surface area (Å²) in [6.45, 7) is 0. The molecule has 0 aliphatic rings. The van der Waals surface area contributed by atoms with Gasteiger partial charge < -0.3 is 0 Å². The minimum Gasteiger partial charge on any atom is -0.258 e. The van der Waals surface area contributed by atoms with Crippen LogP contribution < -0.4 is 0 Å². The Bertz CT molecular complexity index is 1360. The van der Waals surface area contributed by atoms with Crippen LogP contribution in [0.3, 0.4) is 0 Å². The van der Waals surface area contributed by atoms with Gasteiger partial charge >= 0.3 is 0 Å². The molecule has 0 N–H and O–H groups in total. The summed E-state index contributed by atoms with van der Waals surface area (Å²) in [5, 5.41) is 11.2. The van der Waals surface area contributed by atoms with Crippen LogP contribution in [0.15, 0.2) is 115 Å². The van der Waals surface area contributed by atoms with Crippen LogP contribution >= 0.6 is 11.3 Å². The van der Waals surface area contributed by atoms with Gasteiger partial charge in [0.15, 0.2) is 0 Å². The first-order valence-corrected chi connectivity index (χ1v) is 11.1. The number of thiophene rings is 1. The number of rotatable bonds is 5. The lowest BCUT2D eigenvalue weighted by molar-refractivity contribution is -0.384. The summed E-state index contributed by atoms with van der Waals surface area (Å²) < 4.78 is 0. The number of hydrogen-bond acceptors (Lipinski definition) is 3. The average molecular weight is 434 g/mol. The number of nitrogens with zero attached hydrogens (tertiary/aromatic N) is 1. The van der Waals surface area contributed by atoms with Crippen LogP contribution in [-0.2, 0) is 0 Å². The molecule has 0 saturated carbocycles. The average Bonchev–Trinajstić information content (AvgIpc) is 3.26. The zero-order chi connectivity index (χ0) is 21.9. The quantitative estimate of drug-likeness (QED) is 0.206. The maximum absolute atomic E-state index is 11.2. The standard InChI is InChI=1S/C28H19NO2S/c30-29(31)24-18-16-23(17-19-24)28-26(21-12-6-2-7-13-21)25(20-10-4-1-5-11-20)27(32-28)22-14-8-3-9-15-22/h1-19H. The lowest BCUT2D eigenvalue weighted by atomic mass is 9.91. The Morgan fingerprint density at radius 3 is 1.28 bits per heavy atom. The maximum atomic E-state index is 11.2. The Hall–Kier alpha value is -4.02. The van der Waals surface area contributed by atoms with Gasteiger partial charge in [0.05, 0.1) is 4.92 Å². The molecule has 0 saturated heterocycles. The highest BCUT2D eigenvalue weighted by atomic mass is 32.1. The van der Waals surface area contributed by atoms with Crippen molar-refractivity contribution >= 4 is 17.0 Å². The zero-order valence-electron chi connectivity index (χ0n) is 17.1. The number of hydrogen-bond donors (Lipinski definition) is 0. The molecular weight excluding hydrogens is 414 g/mol. The molecule has 3 nitrogen and oxygen atoms in total. The van der Waals surface area contributed by atoms with E-state index in [2.05, 4.69) is 60.7 Å². The largest absolute Gasteiger partial charge is 0.269 e. The van der Waals surface area contributed by atoms with Gasteiger partial charge in [-0.3, -0.25) is 10.1 Å². The second kappa shape index (κ2) is 8.61. The summed E-state index contributed by atoms with van der Waals surface area (Å²) in [5.74, 6) is 0. The highest BCUT2D eigenvalue weighted by Gasteiger charge is 2.23. The van der Waals surface area contributed by atoms with Gasteiger partial charge in [-0.2, -0.15) is 0 Å². The van der Waals surface area contributed by atoms with E-state index < -0.39 is 0 Å². The fraction of sp³-hybridized carbons (Fsp3) is 0. The first kappa shape index (κ1) is 19.9. The van der Waals surface area contributed by atoms with Crippen LogP contribution in [-0.4, -0.2) is 4.92 Å². The molecule has 0 amide bonds. The van der Waals surface area contributed by atoms with Crippen molar-refractivity contribution in [3.63, 3.8) is 0 Å². The first-order chi connectivity index (χ1) is 15.7. The van der Waals surface area contributed by atoms with Crippen LogP contribution in [0.25, 0.3) is 43.1 Å². The third-order valence-corrected chi connectivity index (χ3v) is 6.70. The van der Waals surface area contributed by atoms with Crippen molar-refractivity contribution in [3.05, 3.63) is 125 Å². The van der Waals surface area contributed by atoms with Gasteiger partial charge in [-0.15, -0.1) is 11.3 Å². The van der Waals surface area contributed by atoms with E-state index in [4.69, 9.17) is 0 Å². The molecule has 154 valence electrons. The van der Waals surface area contributed by atoms with Crippen molar-refractivity contribution in [3.8, 4) is 43.1 Å². The fourth-order valence-electron chi connectivity index (χ4n) is 3.92. The molecule has 1 aromatic heterocycles. The molecule has 0 bridgehead atoms. The molecule has 4 aromatic carbocycles. The number of nitro groups is 1. The Morgan fingerprint density at radius 2 is 0.875 bits per heavy atom. The monoisotopic (exact) mass is 433 g/mol. The highest BCUT2D eigenvalue weighted by molar-refractivity contribution is 7.20. The highest BCUT2D eigenvalue weighted by Crippen LogP contribution is 2.51. The molecule has 1 heterocycles. The van der Waals surface area contributed by atoms with Gasteiger partial charge in [0.2, 0.25) is 0 Å². The van der Waals surface area contributed by atoms with Crippen LogP contribution in [0.2, 0.25) is 0 Å². The molecular formula is C28H19NO2S. The fourth-order valence-corrected chi connectivity index (χ4v) is 5.28. The lowest BCUT2D eigenvalue weighted by Gasteiger charge is -2.11. The summed E-state index contributed by atoms with van der Waals surface area (Å²) in [4.78, 5) is 13.1. The van der Waals surface area contributed by atoms with E-state index >= 15 is 0 Å². The molecule has 32 heavy (non-hydrogen) atoms. The van der Waals surface area contributed by atoms with Gasteiger partial charge in [0.25, 0.3) is 5.69 Å².